The summed E-state index contributed by atoms with van der Waals surface area (Å²) in [7, 11) is 0. The van der Waals surface area contributed by atoms with Crippen molar-refractivity contribution in [3.05, 3.63) is 0 Å². The van der Waals surface area contributed by atoms with Crippen molar-refractivity contribution in [2.24, 2.45) is 17.4 Å². The Morgan fingerprint density at radius 2 is 1.42 bits per heavy atom. The lowest BCUT2D eigenvalue weighted by molar-refractivity contribution is -0.144. The predicted molar refractivity (Wildman–Crippen MR) is 104 cm³/mol. The van der Waals surface area contributed by atoms with E-state index in [1.807, 2.05) is 0 Å². The van der Waals surface area contributed by atoms with E-state index >= 15 is 0 Å². The van der Waals surface area contributed by atoms with Gasteiger partial charge in [-0.15, -0.1) is 0 Å². The zero-order valence-corrected chi connectivity index (χ0v) is 17.2. The average Bonchev–Trinajstić information content (AvgIpc) is 2.66. The number of carboxylic acid groups (broad SMARTS) is 2. The van der Waals surface area contributed by atoms with E-state index in [-0.39, 0.29) is 12.8 Å². The fourth-order valence-corrected chi connectivity index (χ4v) is 2.34. The zero-order chi connectivity index (χ0) is 24.3. The highest BCUT2D eigenvalue weighted by Gasteiger charge is 2.32. The van der Waals surface area contributed by atoms with E-state index in [9.17, 15) is 33.9 Å². The standard InChI is InChI=1S/C17H29N5O9/c1-7(2)13(16(29)20-9(17(30)31)3-4-11(19)24)22-15(28)10(5-12(25)26)21-14(27)8(18)6-23/h7-10,13,23H,3-6,18H2,1-2H3,(H2,19,24)(H,20,29)(H,21,27)(H,22,28)(H,25,26)(H,30,31). The molecule has 0 rings (SSSR count). The maximum atomic E-state index is 12.5. The monoisotopic (exact) mass is 447 g/mol. The summed E-state index contributed by atoms with van der Waals surface area (Å²) in [6, 6.07) is -5.74. The molecule has 10 N–H and O–H groups in total. The van der Waals surface area contributed by atoms with Crippen LogP contribution in [-0.4, -0.2) is 81.7 Å². The molecule has 0 radical (unpaired) electrons. The molecule has 176 valence electrons. The van der Waals surface area contributed by atoms with Crippen LogP contribution < -0.4 is 27.4 Å². The molecular weight excluding hydrogens is 418 g/mol. The molecule has 0 heterocycles. The average molecular weight is 447 g/mol. The van der Waals surface area contributed by atoms with Crippen LogP contribution in [0.2, 0.25) is 0 Å². The first-order chi connectivity index (χ1) is 14.3. The lowest BCUT2D eigenvalue weighted by Crippen LogP contribution is -2.59. The first-order valence-corrected chi connectivity index (χ1v) is 9.30. The minimum absolute atomic E-state index is 0.272. The second-order valence-corrected chi connectivity index (χ2v) is 7.08. The van der Waals surface area contributed by atoms with E-state index in [1.54, 1.807) is 0 Å². The van der Waals surface area contributed by atoms with E-state index in [4.69, 9.17) is 21.7 Å². The Kier molecular flexibility index (Phi) is 11.7. The number of amides is 4. The quantitative estimate of drug-likeness (QED) is 0.129. The summed E-state index contributed by atoms with van der Waals surface area (Å²) in [5, 5.41) is 33.6. The van der Waals surface area contributed by atoms with Gasteiger partial charge in [-0.3, -0.25) is 24.0 Å². The molecule has 0 aromatic heterocycles. The van der Waals surface area contributed by atoms with Crippen LogP contribution in [0.3, 0.4) is 0 Å². The number of hydrogen-bond acceptors (Lipinski definition) is 8. The maximum absolute atomic E-state index is 12.5. The Labute approximate surface area is 177 Å². The number of carbonyl (C=O) groups excluding carboxylic acids is 4. The number of nitrogens with one attached hydrogen (secondary N) is 3. The zero-order valence-electron chi connectivity index (χ0n) is 17.2. The summed E-state index contributed by atoms with van der Waals surface area (Å²) >= 11 is 0. The summed E-state index contributed by atoms with van der Waals surface area (Å²) in [6.07, 6.45) is -1.40. The molecule has 14 nitrogen and oxygen atoms in total. The van der Waals surface area contributed by atoms with Gasteiger partial charge in [-0.05, 0) is 12.3 Å². The molecular formula is C17H29N5O9. The van der Waals surface area contributed by atoms with Crippen LogP contribution in [0.5, 0.6) is 0 Å². The highest BCUT2D eigenvalue weighted by atomic mass is 16.4. The number of carboxylic acids is 2. The van der Waals surface area contributed by atoms with E-state index in [0.717, 1.165) is 0 Å². The van der Waals surface area contributed by atoms with Crippen LogP contribution in [0.15, 0.2) is 0 Å². The second-order valence-electron chi connectivity index (χ2n) is 7.08. The van der Waals surface area contributed by atoms with Crippen molar-refractivity contribution in [3.8, 4) is 0 Å². The number of hydrogen-bond donors (Lipinski definition) is 8. The van der Waals surface area contributed by atoms with Gasteiger partial charge in [-0.2, -0.15) is 0 Å². The fourth-order valence-electron chi connectivity index (χ4n) is 2.34. The number of carbonyl (C=O) groups is 6. The largest absolute Gasteiger partial charge is 0.481 e. The SMILES string of the molecule is CC(C)C(NC(=O)C(CC(=O)O)NC(=O)C(N)CO)C(=O)NC(CCC(N)=O)C(=O)O. The normalized spacial score (nSPS) is 14.6. The Morgan fingerprint density at radius 3 is 1.84 bits per heavy atom. The van der Waals surface area contributed by atoms with Crippen LogP contribution >= 0.6 is 0 Å². The molecule has 4 amide bonds. The lowest BCUT2D eigenvalue weighted by Gasteiger charge is -2.26. The number of aliphatic carboxylic acids is 2. The van der Waals surface area contributed by atoms with Gasteiger partial charge in [0.15, 0.2) is 0 Å². The third-order valence-corrected chi connectivity index (χ3v) is 4.09. The highest BCUT2D eigenvalue weighted by molar-refractivity contribution is 5.95. The predicted octanol–water partition coefficient (Wildman–Crippen LogP) is -3.76. The van der Waals surface area contributed by atoms with Crippen molar-refractivity contribution in [1.29, 1.82) is 0 Å². The molecule has 0 spiro atoms. The first-order valence-electron chi connectivity index (χ1n) is 9.30. The Bertz CT molecular complexity index is 697. The van der Waals surface area contributed by atoms with E-state index in [0.29, 0.717) is 0 Å². The summed E-state index contributed by atoms with van der Waals surface area (Å²) in [5.41, 5.74) is 10.3. The van der Waals surface area contributed by atoms with Crippen molar-refractivity contribution >= 4 is 35.6 Å². The minimum atomic E-state index is -1.61. The van der Waals surface area contributed by atoms with Crippen LogP contribution in [0, 0.1) is 5.92 Å². The van der Waals surface area contributed by atoms with Gasteiger partial charge < -0.3 is 42.7 Å². The van der Waals surface area contributed by atoms with E-state index in [1.165, 1.54) is 13.8 Å². The van der Waals surface area contributed by atoms with E-state index in [2.05, 4.69) is 16.0 Å². The van der Waals surface area contributed by atoms with E-state index < -0.39 is 78.7 Å². The van der Waals surface area contributed by atoms with Crippen molar-refractivity contribution in [3.63, 3.8) is 0 Å². The summed E-state index contributed by atoms with van der Waals surface area (Å²) in [4.78, 5) is 70.1. The van der Waals surface area contributed by atoms with Crippen LogP contribution in [0.1, 0.15) is 33.1 Å². The molecule has 0 fully saturated rings. The van der Waals surface area contributed by atoms with Gasteiger partial charge in [0.2, 0.25) is 23.6 Å². The van der Waals surface area contributed by atoms with Gasteiger partial charge in [0.05, 0.1) is 13.0 Å². The molecule has 14 heteroatoms. The molecule has 0 saturated heterocycles. The van der Waals surface area contributed by atoms with Gasteiger partial charge in [0.25, 0.3) is 0 Å². The lowest BCUT2D eigenvalue weighted by atomic mass is 10.0. The number of nitrogens with two attached hydrogens (primary N) is 2. The summed E-state index contributed by atoms with van der Waals surface area (Å²) < 4.78 is 0. The Morgan fingerprint density at radius 1 is 0.871 bits per heavy atom. The first kappa shape index (κ1) is 27.7. The topological polar surface area (TPSA) is 251 Å². The second kappa shape index (κ2) is 13.1. The molecule has 0 bridgehead atoms. The van der Waals surface area contributed by atoms with Crippen molar-refractivity contribution < 1.29 is 44.1 Å². The van der Waals surface area contributed by atoms with Crippen LogP contribution in [0.4, 0.5) is 0 Å². The number of primary amides is 1. The molecule has 31 heavy (non-hydrogen) atoms. The summed E-state index contributed by atoms with van der Waals surface area (Å²) in [5.74, 6) is -7.07. The van der Waals surface area contributed by atoms with Crippen LogP contribution in [-0.2, 0) is 28.8 Å². The molecule has 0 aliphatic rings. The molecule has 4 atom stereocenters. The molecule has 0 aromatic carbocycles. The molecule has 0 aliphatic heterocycles. The van der Waals surface area contributed by atoms with Crippen molar-refractivity contribution in [2.75, 3.05) is 6.61 Å². The van der Waals surface area contributed by atoms with Gasteiger partial charge in [0.1, 0.15) is 24.2 Å². The number of aliphatic hydroxyl groups is 1. The molecule has 4 unspecified atom stereocenters. The number of rotatable bonds is 14. The Balaban J connectivity index is 5.40. The minimum Gasteiger partial charge on any atom is -0.481 e. The summed E-state index contributed by atoms with van der Waals surface area (Å²) in [6.45, 7) is 2.33. The fraction of sp³-hybridized carbons (Fsp3) is 0.647. The Hall–Kier alpha value is -3.26. The van der Waals surface area contributed by atoms with Crippen molar-refractivity contribution in [1.82, 2.24) is 16.0 Å². The third-order valence-electron chi connectivity index (χ3n) is 4.09. The van der Waals surface area contributed by atoms with Gasteiger partial charge in [0, 0.05) is 6.42 Å². The maximum Gasteiger partial charge on any atom is 0.326 e. The highest BCUT2D eigenvalue weighted by Crippen LogP contribution is 2.06. The molecule has 0 aromatic rings. The van der Waals surface area contributed by atoms with Gasteiger partial charge in [-0.1, -0.05) is 13.8 Å². The smallest absolute Gasteiger partial charge is 0.326 e. The van der Waals surface area contributed by atoms with Gasteiger partial charge >= 0.3 is 11.9 Å². The molecule has 0 saturated carbocycles. The van der Waals surface area contributed by atoms with Crippen molar-refractivity contribution in [2.45, 2.75) is 57.3 Å². The number of aliphatic hydroxyl groups excluding tert-OH is 1. The molecule has 0 aliphatic carbocycles. The third kappa shape index (κ3) is 10.4. The van der Waals surface area contributed by atoms with Crippen LogP contribution in [0.25, 0.3) is 0 Å². The van der Waals surface area contributed by atoms with Gasteiger partial charge in [-0.25, -0.2) is 4.79 Å².